The van der Waals surface area contributed by atoms with Gasteiger partial charge in [0.05, 0.1) is 17.6 Å². The molecule has 20 heavy (non-hydrogen) atoms. The molecule has 2 unspecified atom stereocenters. The molecule has 2 atom stereocenters. The molecule has 0 fully saturated rings. The van der Waals surface area contributed by atoms with Gasteiger partial charge in [-0.3, -0.25) is 0 Å². The lowest BCUT2D eigenvalue weighted by molar-refractivity contribution is 0.858. The van der Waals surface area contributed by atoms with Gasteiger partial charge in [0.1, 0.15) is 0 Å². The van der Waals surface area contributed by atoms with Crippen molar-refractivity contribution in [1.29, 1.82) is 0 Å². The van der Waals surface area contributed by atoms with Crippen LogP contribution in [0.2, 0.25) is 26.2 Å². The molecule has 0 heterocycles. The van der Waals surface area contributed by atoms with Crippen LogP contribution in [-0.2, 0) is 12.8 Å². The lowest BCUT2D eigenvalue weighted by Crippen LogP contribution is -2.19. The van der Waals surface area contributed by atoms with Crippen molar-refractivity contribution in [1.82, 2.24) is 0 Å². The van der Waals surface area contributed by atoms with Gasteiger partial charge in [0.2, 0.25) is 0 Å². The van der Waals surface area contributed by atoms with Crippen molar-refractivity contribution >= 4 is 40.8 Å². The fourth-order valence-corrected chi connectivity index (χ4v) is 4.10. The summed E-state index contributed by atoms with van der Waals surface area (Å²) in [4.78, 5) is 0. The summed E-state index contributed by atoms with van der Waals surface area (Å²) in [6, 6.07) is 8.97. The van der Waals surface area contributed by atoms with Gasteiger partial charge in [-0.25, -0.2) is 0 Å². The zero-order valence-corrected chi connectivity index (χ0v) is 17.0. The number of rotatable bonds is 8. The van der Waals surface area contributed by atoms with Crippen LogP contribution < -0.4 is 0 Å². The van der Waals surface area contributed by atoms with E-state index in [1.165, 1.54) is 11.1 Å². The van der Waals surface area contributed by atoms with E-state index < -0.39 is 17.6 Å². The Labute approximate surface area is 138 Å². The Balaban J connectivity index is 2.49. The molecule has 0 saturated carbocycles. The molecule has 1 aromatic rings. The van der Waals surface area contributed by atoms with Crippen LogP contribution in [0.4, 0.5) is 0 Å². The van der Waals surface area contributed by atoms with Gasteiger partial charge in [0.25, 0.3) is 0 Å². The zero-order chi connectivity index (χ0) is 15.1. The predicted octanol–water partition coefficient (Wildman–Crippen LogP) is 4.82. The number of hydrogen-bond acceptors (Lipinski definition) is 0. The summed E-state index contributed by atoms with van der Waals surface area (Å²) in [5, 5.41) is 0.829. The summed E-state index contributed by atoms with van der Waals surface area (Å²) in [7, 11) is -1.41. The molecule has 0 aliphatic rings. The van der Waals surface area contributed by atoms with Crippen molar-refractivity contribution in [3.63, 3.8) is 0 Å². The molecule has 0 saturated heterocycles. The topological polar surface area (TPSA) is 0 Å². The Bertz CT molecular complexity index is 361. The summed E-state index contributed by atoms with van der Waals surface area (Å²) < 4.78 is 0. The molecule has 0 aromatic heterocycles. The van der Waals surface area contributed by atoms with E-state index in [-0.39, 0.29) is 0 Å². The number of benzene rings is 1. The van der Waals surface area contributed by atoms with Gasteiger partial charge >= 0.3 is 0 Å². The summed E-state index contributed by atoms with van der Waals surface area (Å²) in [5.41, 5.74) is 2.85. The van der Waals surface area contributed by atoms with Crippen LogP contribution in [0.25, 0.3) is 0 Å². The van der Waals surface area contributed by atoms with Gasteiger partial charge in [0.15, 0.2) is 0 Å². The molecular weight excluding hydrogens is 319 g/mol. The lowest BCUT2D eigenvalue weighted by Gasteiger charge is -2.14. The minimum atomic E-state index is -0.704. The van der Waals surface area contributed by atoms with E-state index in [1.807, 2.05) is 0 Å². The van der Waals surface area contributed by atoms with Gasteiger partial charge in [-0.05, 0) is 36.8 Å². The minimum absolute atomic E-state index is 0.415. The Morgan fingerprint density at radius 2 is 1.25 bits per heavy atom. The van der Waals surface area contributed by atoms with E-state index in [0.29, 0.717) is 10.0 Å². The van der Waals surface area contributed by atoms with Crippen LogP contribution in [0.3, 0.4) is 0 Å². The van der Waals surface area contributed by atoms with Gasteiger partial charge < -0.3 is 0 Å². The van der Waals surface area contributed by atoms with Gasteiger partial charge in [-0.15, -0.1) is 23.2 Å². The number of hydrogen-bond donors (Lipinski definition) is 0. The zero-order valence-electron chi connectivity index (χ0n) is 13.2. The Morgan fingerprint density at radius 3 is 1.60 bits per heavy atom. The van der Waals surface area contributed by atoms with E-state index in [1.54, 1.807) is 0 Å². The smallest absolute Gasteiger partial charge is 0.0519 e. The molecule has 0 aliphatic carbocycles. The highest BCUT2D eigenvalue weighted by molar-refractivity contribution is 6.67. The van der Waals surface area contributed by atoms with Crippen LogP contribution in [0.5, 0.6) is 0 Å². The van der Waals surface area contributed by atoms with E-state index in [9.17, 15) is 0 Å². The Morgan fingerprint density at radius 1 is 0.850 bits per heavy atom. The molecule has 1 aromatic carbocycles. The van der Waals surface area contributed by atoms with Gasteiger partial charge in [0, 0.05) is 10.0 Å². The maximum atomic E-state index is 6.39. The quantitative estimate of drug-likeness (QED) is 0.467. The first-order chi connectivity index (χ1) is 9.40. The fourth-order valence-electron chi connectivity index (χ4n) is 2.22. The van der Waals surface area contributed by atoms with Crippen molar-refractivity contribution in [2.75, 3.05) is 0 Å². The van der Waals surface area contributed by atoms with E-state index in [2.05, 4.69) is 50.5 Å². The molecule has 0 amide bonds. The van der Waals surface area contributed by atoms with Crippen molar-refractivity contribution in [2.24, 2.45) is 0 Å². The normalized spacial score (nSPS) is 14.8. The molecule has 0 spiro atoms. The third kappa shape index (κ3) is 6.79. The summed E-state index contributed by atoms with van der Waals surface area (Å²) in [6.07, 6.45) is 4.45. The average molecular weight is 347 g/mol. The monoisotopic (exact) mass is 346 g/mol. The summed E-state index contributed by atoms with van der Waals surface area (Å²) >= 11 is 12.8. The van der Waals surface area contributed by atoms with Crippen molar-refractivity contribution in [3.05, 3.63) is 35.4 Å². The van der Waals surface area contributed by atoms with Crippen molar-refractivity contribution in [2.45, 2.75) is 61.9 Å². The number of alkyl halides is 2. The van der Waals surface area contributed by atoms with E-state index >= 15 is 0 Å². The average Bonchev–Trinajstić information content (AvgIpc) is 2.42. The molecule has 0 radical (unpaired) electrons. The first-order valence-corrected chi connectivity index (χ1v) is 14.6. The molecule has 0 bridgehead atoms. The first kappa shape index (κ1) is 18.3. The van der Waals surface area contributed by atoms with E-state index in [4.69, 9.17) is 23.2 Å². The third-order valence-corrected chi connectivity index (χ3v) is 10.9. The standard InChI is InChI=1S/C16H28Cl2Si2/c1-19(2)15(17)10-8-13-6-5-7-14(12-13)9-11-16(18)20(3)4/h5-7,12,15-16,19-20H,8-11H2,1-4H3. The highest BCUT2D eigenvalue weighted by Crippen LogP contribution is 2.16. The lowest BCUT2D eigenvalue weighted by atomic mass is 10.0. The van der Waals surface area contributed by atoms with Crippen LogP contribution in [0.15, 0.2) is 24.3 Å². The second-order valence-electron chi connectivity index (χ2n) is 6.42. The highest BCUT2D eigenvalue weighted by atomic mass is 35.5. The molecule has 0 N–H and O–H groups in total. The van der Waals surface area contributed by atoms with Gasteiger partial charge in [-0.2, -0.15) is 0 Å². The Hall–Kier alpha value is 0.234. The van der Waals surface area contributed by atoms with Crippen molar-refractivity contribution < 1.29 is 0 Å². The summed E-state index contributed by atoms with van der Waals surface area (Å²) in [6.45, 7) is 9.30. The molecule has 0 aliphatic heterocycles. The minimum Gasteiger partial charge on any atom is -0.127 e. The first-order valence-electron chi connectivity index (χ1n) is 7.76. The second-order valence-corrected chi connectivity index (χ2v) is 15.0. The second kappa shape index (κ2) is 9.29. The highest BCUT2D eigenvalue weighted by Gasteiger charge is 2.12. The van der Waals surface area contributed by atoms with E-state index in [0.717, 1.165) is 25.7 Å². The molecule has 0 nitrogen and oxygen atoms in total. The number of aryl methyl sites for hydroxylation is 2. The summed E-state index contributed by atoms with van der Waals surface area (Å²) in [5.74, 6) is 0. The van der Waals surface area contributed by atoms with Crippen molar-refractivity contribution in [3.8, 4) is 0 Å². The van der Waals surface area contributed by atoms with Crippen LogP contribution in [-0.4, -0.2) is 27.6 Å². The largest absolute Gasteiger partial charge is 0.127 e. The molecule has 4 heteroatoms. The van der Waals surface area contributed by atoms with Crippen LogP contribution in [0, 0.1) is 0 Å². The Kier molecular flexibility index (Phi) is 8.49. The fraction of sp³-hybridized carbons (Fsp3) is 0.625. The SMILES string of the molecule is C[SiH](C)C(Cl)CCc1cccc(CCC(Cl)[SiH](C)C)c1. The van der Waals surface area contributed by atoms with Gasteiger partial charge in [-0.1, -0.05) is 50.5 Å². The van der Waals surface area contributed by atoms with Crippen LogP contribution >= 0.6 is 23.2 Å². The maximum Gasteiger partial charge on any atom is 0.0519 e. The molecular formula is C16H28Cl2Si2. The van der Waals surface area contributed by atoms with Crippen LogP contribution in [0.1, 0.15) is 24.0 Å². The molecule has 1 rings (SSSR count). The molecule has 114 valence electrons. The third-order valence-electron chi connectivity index (χ3n) is 3.86. The predicted molar refractivity (Wildman–Crippen MR) is 100 cm³/mol. The number of halogens is 2. The maximum absolute atomic E-state index is 6.39.